The molecule has 0 aromatic carbocycles. The molecule has 0 saturated heterocycles. The molecule has 5 heteroatoms. The second kappa shape index (κ2) is 4.83. The molecule has 90 valence electrons. The topological polar surface area (TPSA) is 75.0 Å². The molecule has 1 amide bonds. The highest BCUT2D eigenvalue weighted by Gasteiger charge is 2.16. The molecule has 0 unspecified atom stereocenters. The van der Waals surface area contributed by atoms with E-state index in [-0.39, 0.29) is 0 Å². The molecule has 1 heterocycles. The first kappa shape index (κ1) is 13.0. The van der Waals surface area contributed by atoms with Gasteiger partial charge in [0, 0.05) is 6.20 Å². The number of amides is 1. The number of pyridine rings is 1. The number of aromatic nitrogens is 1. The van der Waals surface area contributed by atoms with Gasteiger partial charge in [-0.3, -0.25) is 5.32 Å². The largest absolute Gasteiger partial charge is 0.444 e. The van der Waals surface area contributed by atoms with E-state index in [0.29, 0.717) is 11.4 Å². The summed E-state index contributed by atoms with van der Waals surface area (Å²) in [6.45, 7) is 7.12. The average molecular weight is 233 g/mol. The molecule has 1 aromatic rings. The maximum atomic E-state index is 11.5. The van der Waals surface area contributed by atoms with Crippen LogP contribution in [0, 0.1) is 18.3 Å². The third kappa shape index (κ3) is 4.11. The van der Waals surface area contributed by atoms with Gasteiger partial charge in [0.1, 0.15) is 17.5 Å². The number of nitrogens with zero attached hydrogens (tertiary/aromatic N) is 2. The lowest BCUT2D eigenvalue weighted by atomic mass is 10.2. The van der Waals surface area contributed by atoms with Crippen molar-refractivity contribution in [3.8, 4) is 6.07 Å². The molecule has 0 fully saturated rings. The Labute approximate surface area is 100 Å². The summed E-state index contributed by atoms with van der Waals surface area (Å²) in [5.74, 6) is 0.371. The van der Waals surface area contributed by atoms with Crippen molar-refractivity contribution in [2.24, 2.45) is 0 Å². The van der Waals surface area contributed by atoms with Crippen LogP contribution in [0.3, 0.4) is 0 Å². The lowest BCUT2D eigenvalue weighted by Gasteiger charge is -2.19. The molecule has 0 atom stereocenters. The zero-order chi connectivity index (χ0) is 13.1. The normalized spacial score (nSPS) is 10.5. The van der Waals surface area contributed by atoms with E-state index in [9.17, 15) is 4.79 Å². The minimum atomic E-state index is -0.561. The van der Waals surface area contributed by atoms with E-state index in [1.807, 2.05) is 6.07 Å². The number of aryl methyl sites for hydroxylation is 1. The lowest BCUT2D eigenvalue weighted by Crippen LogP contribution is -2.27. The van der Waals surface area contributed by atoms with E-state index >= 15 is 0 Å². The summed E-state index contributed by atoms with van der Waals surface area (Å²) < 4.78 is 5.08. The van der Waals surface area contributed by atoms with Gasteiger partial charge in [-0.15, -0.1) is 0 Å². The third-order valence-electron chi connectivity index (χ3n) is 1.86. The van der Waals surface area contributed by atoms with Crippen LogP contribution < -0.4 is 5.32 Å². The Morgan fingerprint density at radius 3 is 2.65 bits per heavy atom. The van der Waals surface area contributed by atoms with Gasteiger partial charge >= 0.3 is 6.09 Å². The van der Waals surface area contributed by atoms with Crippen LogP contribution in [-0.2, 0) is 4.74 Å². The van der Waals surface area contributed by atoms with E-state index in [1.165, 1.54) is 6.20 Å². The molecular weight excluding hydrogens is 218 g/mol. The Balaban J connectivity index is 2.74. The number of hydrogen-bond donors (Lipinski definition) is 1. The smallest absolute Gasteiger partial charge is 0.413 e. The minimum Gasteiger partial charge on any atom is -0.444 e. The van der Waals surface area contributed by atoms with Crippen LogP contribution in [0.15, 0.2) is 12.3 Å². The molecule has 1 aromatic heterocycles. The Bertz CT molecular complexity index is 470. The molecule has 0 spiro atoms. The summed E-state index contributed by atoms with van der Waals surface area (Å²) in [5.41, 5.74) is 0.694. The predicted octanol–water partition coefficient (Wildman–Crippen LogP) is 2.61. The van der Waals surface area contributed by atoms with Gasteiger partial charge in [0.15, 0.2) is 0 Å². The Hall–Kier alpha value is -2.09. The van der Waals surface area contributed by atoms with Crippen LogP contribution in [0.5, 0.6) is 0 Å². The van der Waals surface area contributed by atoms with Crippen LogP contribution in [0.25, 0.3) is 0 Å². The Kier molecular flexibility index (Phi) is 3.69. The fourth-order valence-electron chi connectivity index (χ4n) is 1.15. The fourth-order valence-corrected chi connectivity index (χ4v) is 1.15. The summed E-state index contributed by atoms with van der Waals surface area (Å²) in [4.78, 5) is 15.4. The highest BCUT2D eigenvalue weighted by Crippen LogP contribution is 2.13. The number of rotatable bonds is 1. The fraction of sp³-hybridized carbons (Fsp3) is 0.417. The van der Waals surface area contributed by atoms with Gasteiger partial charge < -0.3 is 4.74 Å². The van der Waals surface area contributed by atoms with Crippen molar-refractivity contribution in [1.29, 1.82) is 5.26 Å². The van der Waals surface area contributed by atoms with E-state index in [1.54, 1.807) is 33.8 Å². The van der Waals surface area contributed by atoms with E-state index in [2.05, 4.69) is 10.3 Å². The highest BCUT2D eigenvalue weighted by molar-refractivity contribution is 5.83. The first-order valence-electron chi connectivity index (χ1n) is 5.18. The molecule has 0 aliphatic heterocycles. The number of nitriles is 1. The van der Waals surface area contributed by atoms with Crippen LogP contribution >= 0.6 is 0 Å². The standard InChI is InChI=1S/C12H15N3O2/c1-8-5-10(14-7-9(8)6-13)15-11(16)17-12(2,3)4/h5,7H,1-4H3,(H,14,15,16). The van der Waals surface area contributed by atoms with Gasteiger partial charge in [0.05, 0.1) is 5.56 Å². The first-order chi connectivity index (χ1) is 7.81. The van der Waals surface area contributed by atoms with E-state index < -0.39 is 11.7 Å². The number of anilines is 1. The molecule has 0 bridgehead atoms. The SMILES string of the molecule is Cc1cc(NC(=O)OC(C)(C)C)ncc1C#N. The summed E-state index contributed by atoms with van der Waals surface area (Å²) in [7, 11) is 0. The molecule has 17 heavy (non-hydrogen) atoms. The minimum absolute atomic E-state index is 0.371. The summed E-state index contributed by atoms with van der Waals surface area (Å²) in [6, 6.07) is 3.64. The highest BCUT2D eigenvalue weighted by atomic mass is 16.6. The van der Waals surface area contributed by atoms with Crippen molar-refractivity contribution >= 4 is 11.9 Å². The van der Waals surface area contributed by atoms with Crippen LogP contribution in [0.1, 0.15) is 31.9 Å². The number of carbonyl (C=O) groups excluding carboxylic acids is 1. The Morgan fingerprint density at radius 1 is 1.53 bits per heavy atom. The van der Waals surface area contributed by atoms with Crippen molar-refractivity contribution in [3.05, 3.63) is 23.4 Å². The molecule has 0 radical (unpaired) electrons. The molecule has 1 rings (SSSR count). The van der Waals surface area contributed by atoms with Crippen molar-refractivity contribution < 1.29 is 9.53 Å². The number of hydrogen-bond acceptors (Lipinski definition) is 4. The summed E-state index contributed by atoms with van der Waals surface area (Å²) >= 11 is 0. The van der Waals surface area contributed by atoms with Crippen molar-refractivity contribution in [2.75, 3.05) is 5.32 Å². The van der Waals surface area contributed by atoms with Gasteiger partial charge in [-0.1, -0.05) is 0 Å². The van der Waals surface area contributed by atoms with Gasteiger partial charge in [-0.2, -0.15) is 5.26 Å². The van der Waals surface area contributed by atoms with Crippen LogP contribution in [0.2, 0.25) is 0 Å². The molecular formula is C12H15N3O2. The lowest BCUT2D eigenvalue weighted by molar-refractivity contribution is 0.0635. The second-order valence-electron chi connectivity index (χ2n) is 4.62. The number of nitrogens with one attached hydrogen (secondary N) is 1. The maximum absolute atomic E-state index is 11.5. The first-order valence-corrected chi connectivity index (χ1v) is 5.18. The van der Waals surface area contributed by atoms with Crippen LogP contribution in [-0.4, -0.2) is 16.7 Å². The monoisotopic (exact) mass is 233 g/mol. The summed E-state index contributed by atoms with van der Waals surface area (Å²) in [5, 5.41) is 11.3. The van der Waals surface area contributed by atoms with E-state index in [4.69, 9.17) is 10.00 Å². The van der Waals surface area contributed by atoms with Gasteiger partial charge in [-0.05, 0) is 39.3 Å². The molecule has 0 saturated carbocycles. The molecule has 1 N–H and O–H groups in total. The number of ether oxygens (including phenoxy) is 1. The van der Waals surface area contributed by atoms with Gasteiger partial charge in [0.25, 0.3) is 0 Å². The quantitative estimate of drug-likeness (QED) is 0.809. The third-order valence-corrected chi connectivity index (χ3v) is 1.86. The second-order valence-corrected chi connectivity index (χ2v) is 4.62. The maximum Gasteiger partial charge on any atom is 0.413 e. The van der Waals surface area contributed by atoms with Crippen molar-refractivity contribution in [3.63, 3.8) is 0 Å². The molecule has 0 aliphatic rings. The molecule has 5 nitrogen and oxygen atoms in total. The Morgan fingerprint density at radius 2 is 2.18 bits per heavy atom. The van der Waals surface area contributed by atoms with Gasteiger partial charge in [-0.25, -0.2) is 9.78 Å². The predicted molar refractivity (Wildman–Crippen MR) is 63.5 cm³/mol. The average Bonchev–Trinajstić information content (AvgIpc) is 2.14. The summed E-state index contributed by atoms with van der Waals surface area (Å²) in [6.07, 6.45) is 0.858. The number of carbonyl (C=O) groups is 1. The van der Waals surface area contributed by atoms with Crippen molar-refractivity contribution in [1.82, 2.24) is 4.98 Å². The van der Waals surface area contributed by atoms with Crippen molar-refractivity contribution in [2.45, 2.75) is 33.3 Å². The zero-order valence-electron chi connectivity index (χ0n) is 10.4. The van der Waals surface area contributed by atoms with E-state index in [0.717, 1.165) is 5.56 Å². The zero-order valence-corrected chi connectivity index (χ0v) is 10.4. The molecule has 0 aliphatic carbocycles. The van der Waals surface area contributed by atoms with Gasteiger partial charge in [0.2, 0.25) is 0 Å². The van der Waals surface area contributed by atoms with Crippen LogP contribution in [0.4, 0.5) is 10.6 Å².